The maximum atomic E-state index is 12.9. The molecule has 160 valence electrons. The quantitative estimate of drug-likeness (QED) is 0.483. The number of hydrogen-bond donors (Lipinski definition) is 2. The normalized spacial score (nSPS) is 12.8. The largest absolute Gasteiger partial charge is 0.326 e. The van der Waals surface area contributed by atoms with Crippen molar-refractivity contribution < 1.29 is 9.59 Å². The number of aryl methyl sites for hydroxylation is 1. The lowest BCUT2D eigenvalue weighted by Gasteiger charge is -2.17. The molecule has 32 heavy (non-hydrogen) atoms. The van der Waals surface area contributed by atoms with E-state index in [9.17, 15) is 9.59 Å². The van der Waals surface area contributed by atoms with E-state index in [1.165, 1.54) is 11.3 Å². The van der Waals surface area contributed by atoms with Crippen molar-refractivity contribution in [1.29, 1.82) is 0 Å². The summed E-state index contributed by atoms with van der Waals surface area (Å²) in [6.45, 7) is 1.98. The van der Waals surface area contributed by atoms with Gasteiger partial charge in [0.25, 0.3) is 5.91 Å². The minimum absolute atomic E-state index is 0.0433. The molecule has 0 saturated heterocycles. The van der Waals surface area contributed by atoms with Crippen LogP contribution in [0.3, 0.4) is 0 Å². The molecular formula is C23H20N6O2S. The monoisotopic (exact) mass is 444 g/mol. The van der Waals surface area contributed by atoms with Gasteiger partial charge in [0, 0.05) is 29.2 Å². The molecule has 0 saturated carbocycles. The Bertz CT molecular complexity index is 1310. The molecule has 3 aromatic heterocycles. The van der Waals surface area contributed by atoms with Gasteiger partial charge in [-0.1, -0.05) is 19.1 Å². The average molecular weight is 445 g/mol. The van der Waals surface area contributed by atoms with Crippen LogP contribution in [-0.2, 0) is 17.6 Å². The number of fused-ring (bicyclic) bond motifs is 1. The Morgan fingerprint density at radius 1 is 1.25 bits per heavy atom. The lowest BCUT2D eigenvalue weighted by atomic mass is 9.99. The number of hydrogen-bond acceptors (Lipinski definition) is 6. The number of carbonyl (C=O) groups excluding carboxylic acids is 2. The maximum Gasteiger partial charge on any atom is 0.260 e. The van der Waals surface area contributed by atoms with Crippen molar-refractivity contribution in [2.45, 2.75) is 26.2 Å². The van der Waals surface area contributed by atoms with E-state index in [0.29, 0.717) is 35.8 Å². The summed E-state index contributed by atoms with van der Waals surface area (Å²) >= 11 is 1.37. The molecule has 9 heteroatoms. The smallest absolute Gasteiger partial charge is 0.260 e. The molecule has 0 radical (unpaired) electrons. The van der Waals surface area contributed by atoms with Gasteiger partial charge >= 0.3 is 0 Å². The van der Waals surface area contributed by atoms with Crippen molar-refractivity contribution in [1.82, 2.24) is 19.7 Å². The average Bonchev–Trinajstić information content (AvgIpc) is 3.46. The standard InChI is InChI=1S/C23H20N6O2S/c1-2-19-16(12-25-29(19)20-5-3-4-10-24-20)22(31)28-23-27-18(13-32-23)15-6-8-17-14(11-15)7-9-21(30)26-17/h3-6,8,10-13H,2,7,9H2,1H3,(H,26,30)(H,27,28,31). The molecule has 0 spiro atoms. The molecule has 5 rings (SSSR count). The number of nitrogens with zero attached hydrogens (tertiary/aromatic N) is 4. The summed E-state index contributed by atoms with van der Waals surface area (Å²) in [5.41, 5.74) is 4.97. The summed E-state index contributed by atoms with van der Waals surface area (Å²) in [6, 6.07) is 11.4. The molecule has 8 nitrogen and oxygen atoms in total. The molecule has 0 atom stereocenters. The lowest BCUT2D eigenvalue weighted by molar-refractivity contribution is -0.116. The summed E-state index contributed by atoms with van der Waals surface area (Å²) in [5, 5.41) is 12.6. The van der Waals surface area contributed by atoms with Crippen LogP contribution in [0.5, 0.6) is 0 Å². The van der Waals surface area contributed by atoms with Crippen LogP contribution in [-0.4, -0.2) is 31.6 Å². The summed E-state index contributed by atoms with van der Waals surface area (Å²) < 4.78 is 1.69. The number of benzene rings is 1. The predicted octanol–water partition coefficient (Wildman–Crippen LogP) is 4.09. The molecule has 2 N–H and O–H groups in total. The van der Waals surface area contributed by atoms with Gasteiger partial charge in [-0.05, 0) is 42.7 Å². The second-order valence-corrected chi connectivity index (χ2v) is 8.23. The van der Waals surface area contributed by atoms with Gasteiger partial charge in [0.2, 0.25) is 5.91 Å². The molecule has 0 fully saturated rings. The summed E-state index contributed by atoms with van der Waals surface area (Å²) in [6.07, 6.45) is 5.09. The van der Waals surface area contributed by atoms with Crippen molar-refractivity contribution in [3.8, 4) is 17.1 Å². The second-order valence-electron chi connectivity index (χ2n) is 7.37. The highest BCUT2D eigenvalue weighted by molar-refractivity contribution is 7.14. The molecule has 4 heterocycles. The van der Waals surface area contributed by atoms with Crippen LogP contribution >= 0.6 is 11.3 Å². The van der Waals surface area contributed by atoms with E-state index in [2.05, 4.69) is 25.7 Å². The Kier molecular flexibility index (Phi) is 5.24. The molecular weight excluding hydrogens is 424 g/mol. The van der Waals surface area contributed by atoms with E-state index in [1.807, 2.05) is 48.7 Å². The zero-order valence-electron chi connectivity index (χ0n) is 17.3. The van der Waals surface area contributed by atoms with E-state index in [0.717, 1.165) is 28.2 Å². The Labute approximate surface area is 188 Å². The highest BCUT2D eigenvalue weighted by atomic mass is 32.1. The number of nitrogens with one attached hydrogen (secondary N) is 2. The second kappa shape index (κ2) is 8.35. The summed E-state index contributed by atoms with van der Waals surface area (Å²) in [7, 11) is 0. The van der Waals surface area contributed by atoms with Crippen molar-refractivity contribution in [3.05, 3.63) is 71.0 Å². The summed E-state index contributed by atoms with van der Waals surface area (Å²) in [4.78, 5) is 33.4. The van der Waals surface area contributed by atoms with Gasteiger partial charge in [0.1, 0.15) is 0 Å². The topological polar surface area (TPSA) is 102 Å². The number of aromatic nitrogens is 4. The van der Waals surface area contributed by atoms with Gasteiger partial charge < -0.3 is 5.32 Å². The van der Waals surface area contributed by atoms with Gasteiger partial charge in [-0.15, -0.1) is 11.3 Å². The minimum Gasteiger partial charge on any atom is -0.326 e. The van der Waals surface area contributed by atoms with Crippen molar-refractivity contribution in [3.63, 3.8) is 0 Å². The molecule has 0 bridgehead atoms. The highest BCUT2D eigenvalue weighted by Crippen LogP contribution is 2.31. The fraction of sp³-hybridized carbons (Fsp3) is 0.174. The van der Waals surface area contributed by atoms with E-state index in [-0.39, 0.29) is 11.8 Å². The van der Waals surface area contributed by atoms with Crippen LogP contribution in [0.1, 0.15) is 35.0 Å². The maximum absolute atomic E-state index is 12.9. The first-order chi connectivity index (χ1) is 15.6. The van der Waals surface area contributed by atoms with Crippen molar-refractivity contribution in [2.75, 3.05) is 10.6 Å². The number of carbonyl (C=O) groups is 2. The first-order valence-electron chi connectivity index (χ1n) is 10.3. The Balaban J connectivity index is 1.36. The molecule has 0 aliphatic carbocycles. The Morgan fingerprint density at radius 2 is 2.16 bits per heavy atom. The molecule has 1 aliphatic heterocycles. The Hall–Kier alpha value is -3.85. The van der Waals surface area contributed by atoms with E-state index in [1.54, 1.807) is 17.1 Å². The third-order valence-electron chi connectivity index (χ3n) is 5.34. The number of pyridine rings is 1. The number of rotatable bonds is 5. The van der Waals surface area contributed by atoms with Gasteiger partial charge in [-0.25, -0.2) is 14.6 Å². The highest BCUT2D eigenvalue weighted by Gasteiger charge is 2.20. The van der Waals surface area contributed by atoms with Crippen LogP contribution in [0, 0.1) is 0 Å². The fourth-order valence-electron chi connectivity index (χ4n) is 3.75. The van der Waals surface area contributed by atoms with Gasteiger partial charge in [-0.3, -0.25) is 14.9 Å². The van der Waals surface area contributed by atoms with Gasteiger partial charge in [-0.2, -0.15) is 5.10 Å². The van der Waals surface area contributed by atoms with Crippen LogP contribution < -0.4 is 10.6 Å². The van der Waals surface area contributed by atoms with Crippen molar-refractivity contribution >= 4 is 34.0 Å². The van der Waals surface area contributed by atoms with Crippen molar-refractivity contribution in [2.24, 2.45) is 0 Å². The molecule has 1 aliphatic rings. The van der Waals surface area contributed by atoms with Crippen LogP contribution in [0.2, 0.25) is 0 Å². The zero-order chi connectivity index (χ0) is 22.1. The molecule has 2 amide bonds. The first kappa shape index (κ1) is 20.1. The minimum atomic E-state index is -0.252. The van der Waals surface area contributed by atoms with Crippen LogP contribution in [0.25, 0.3) is 17.1 Å². The van der Waals surface area contributed by atoms with Crippen LogP contribution in [0.15, 0.2) is 54.2 Å². The van der Waals surface area contributed by atoms with E-state index in [4.69, 9.17) is 0 Å². The Morgan fingerprint density at radius 3 is 2.97 bits per heavy atom. The third-order valence-corrected chi connectivity index (χ3v) is 6.09. The predicted molar refractivity (Wildman–Crippen MR) is 123 cm³/mol. The van der Waals surface area contributed by atoms with Crippen LogP contribution in [0.4, 0.5) is 10.8 Å². The number of amides is 2. The first-order valence-corrected chi connectivity index (χ1v) is 11.2. The molecule has 0 unspecified atom stereocenters. The fourth-order valence-corrected chi connectivity index (χ4v) is 4.47. The van der Waals surface area contributed by atoms with E-state index >= 15 is 0 Å². The molecule has 4 aromatic rings. The van der Waals surface area contributed by atoms with Gasteiger partial charge in [0.05, 0.1) is 23.1 Å². The summed E-state index contributed by atoms with van der Waals surface area (Å²) in [5.74, 6) is 0.461. The zero-order valence-corrected chi connectivity index (χ0v) is 18.1. The third kappa shape index (κ3) is 3.78. The number of thiazole rings is 1. The lowest BCUT2D eigenvalue weighted by Crippen LogP contribution is -2.18. The van der Waals surface area contributed by atoms with E-state index < -0.39 is 0 Å². The SMILES string of the molecule is CCc1c(C(=O)Nc2nc(-c3ccc4c(c3)CCC(=O)N4)cs2)cnn1-c1ccccn1. The van der Waals surface area contributed by atoms with Gasteiger partial charge in [0.15, 0.2) is 10.9 Å². The number of anilines is 2. The molecule has 1 aromatic carbocycles.